The van der Waals surface area contributed by atoms with Crippen LogP contribution in [-0.2, 0) is 10.0 Å². The van der Waals surface area contributed by atoms with Crippen LogP contribution in [0, 0.1) is 0 Å². The second kappa shape index (κ2) is 7.99. The number of benzene rings is 2. The lowest BCUT2D eigenvalue weighted by atomic mass is 10.1. The minimum atomic E-state index is -3.53. The summed E-state index contributed by atoms with van der Waals surface area (Å²) in [6.45, 7) is 0.966. The number of rotatable bonds is 4. The zero-order valence-corrected chi connectivity index (χ0v) is 16.3. The summed E-state index contributed by atoms with van der Waals surface area (Å²) in [6.07, 6.45) is 0.734. The van der Waals surface area contributed by atoms with Crippen molar-refractivity contribution >= 4 is 33.4 Å². The molecule has 1 fully saturated rings. The molecule has 2 aromatic rings. The molecule has 0 spiro atoms. The van der Waals surface area contributed by atoms with E-state index in [1.165, 1.54) is 7.11 Å². The first kappa shape index (κ1) is 18.6. The molecule has 0 aliphatic carbocycles. The van der Waals surface area contributed by atoms with Crippen LogP contribution in [0.25, 0.3) is 0 Å². The van der Waals surface area contributed by atoms with E-state index in [2.05, 4.69) is 0 Å². The van der Waals surface area contributed by atoms with Crippen molar-refractivity contribution < 1.29 is 13.2 Å². The van der Waals surface area contributed by atoms with Gasteiger partial charge in [-0.15, -0.1) is 0 Å². The molecule has 0 N–H and O–H groups in total. The number of hydrogen-bond acceptors (Lipinski definition) is 4. The van der Waals surface area contributed by atoms with E-state index in [1.807, 2.05) is 24.3 Å². The van der Waals surface area contributed by atoms with Crippen molar-refractivity contribution in [2.24, 2.45) is 0 Å². The molecule has 0 amide bonds. The van der Waals surface area contributed by atoms with Crippen LogP contribution in [0.2, 0.25) is 5.02 Å². The highest BCUT2D eigenvalue weighted by molar-refractivity contribution is 7.99. The van der Waals surface area contributed by atoms with Gasteiger partial charge in [0.2, 0.25) is 10.0 Å². The van der Waals surface area contributed by atoms with E-state index in [1.54, 1.807) is 40.3 Å². The van der Waals surface area contributed by atoms with Gasteiger partial charge in [0, 0.05) is 35.2 Å². The fourth-order valence-corrected chi connectivity index (χ4v) is 6.09. The van der Waals surface area contributed by atoms with Gasteiger partial charge in [-0.2, -0.15) is 16.1 Å². The first-order valence-electron chi connectivity index (χ1n) is 8.02. The molecular weight excluding hydrogens is 378 g/mol. The zero-order valence-electron chi connectivity index (χ0n) is 13.9. The lowest BCUT2D eigenvalue weighted by Crippen LogP contribution is -2.33. The minimum absolute atomic E-state index is 0.208. The molecule has 1 aliphatic rings. The number of nitrogens with zero attached hydrogens (tertiary/aromatic N) is 1. The van der Waals surface area contributed by atoms with Crippen molar-refractivity contribution in [2.45, 2.75) is 16.6 Å². The van der Waals surface area contributed by atoms with Crippen molar-refractivity contribution in [3.05, 3.63) is 59.1 Å². The van der Waals surface area contributed by atoms with Crippen LogP contribution in [0.3, 0.4) is 0 Å². The van der Waals surface area contributed by atoms with Gasteiger partial charge in [0.25, 0.3) is 0 Å². The number of hydrogen-bond donors (Lipinski definition) is 0. The molecule has 0 aromatic heterocycles. The molecule has 7 heteroatoms. The molecule has 2 aromatic carbocycles. The third-order valence-corrected chi connectivity index (χ3v) is 7.78. The highest BCUT2D eigenvalue weighted by atomic mass is 35.5. The molecule has 0 saturated carbocycles. The molecule has 0 bridgehead atoms. The van der Waals surface area contributed by atoms with Crippen LogP contribution < -0.4 is 4.74 Å². The van der Waals surface area contributed by atoms with E-state index in [9.17, 15) is 8.42 Å². The Morgan fingerprint density at radius 1 is 1.16 bits per heavy atom. The van der Waals surface area contributed by atoms with Crippen LogP contribution in [0.1, 0.15) is 17.2 Å². The Morgan fingerprint density at radius 2 is 1.96 bits per heavy atom. The molecule has 1 atom stereocenters. The second-order valence-corrected chi connectivity index (χ2v) is 9.41. The quantitative estimate of drug-likeness (QED) is 0.775. The highest BCUT2D eigenvalue weighted by Gasteiger charge is 2.29. The number of methoxy groups -OCH3 is 1. The normalized spacial score (nSPS) is 19.4. The van der Waals surface area contributed by atoms with E-state index in [0.717, 1.165) is 22.8 Å². The summed E-state index contributed by atoms with van der Waals surface area (Å²) in [6, 6.07) is 14.4. The number of halogens is 1. The van der Waals surface area contributed by atoms with Crippen LogP contribution in [0.5, 0.6) is 5.75 Å². The number of ether oxygens (including phenoxy) is 1. The number of thioether (sulfide) groups is 1. The van der Waals surface area contributed by atoms with Gasteiger partial charge in [0.05, 0.1) is 12.0 Å². The molecule has 4 nitrogen and oxygen atoms in total. The number of sulfonamides is 1. The molecule has 25 heavy (non-hydrogen) atoms. The van der Waals surface area contributed by atoms with E-state index in [0.29, 0.717) is 18.8 Å². The van der Waals surface area contributed by atoms with Crippen LogP contribution >= 0.6 is 23.4 Å². The maximum absolute atomic E-state index is 13.0. The van der Waals surface area contributed by atoms with Crippen molar-refractivity contribution in [3.8, 4) is 5.75 Å². The summed E-state index contributed by atoms with van der Waals surface area (Å²) in [5.41, 5.74) is 1.08. The summed E-state index contributed by atoms with van der Waals surface area (Å²) < 4.78 is 32.6. The van der Waals surface area contributed by atoms with Crippen LogP contribution in [-0.4, -0.2) is 38.7 Å². The summed E-state index contributed by atoms with van der Waals surface area (Å²) >= 11 is 8.07. The fourth-order valence-electron chi connectivity index (χ4n) is 2.89. The molecule has 3 rings (SSSR count). The average Bonchev–Trinajstić information content (AvgIpc) is 2.89. The molecule has 1 unspecified atom stereocenters. The smallest absolute Gasteiger partial charge is 0.243 e. The summed E-state index contributed by atoms with van der Waals surface area (Å²) in [5.74, 6) is 1.28. The maximum Gasteiger partial charge on any atom is 0.243 e. The van der Waals surface area contributed by atoms with Gasteiger partial charge < -0.3 is 4.74 Å². The predicted molar refractivity (Wildman–Crippen MR) is 103 cm³/mol. The Bertz CT molecular complexity index is 842. The monoisotopic (exact) mass is 397 g/mol. The third kappa shape index (κ3) is 4.14. The standard InChI is InChI=1S/C18H20ClNO3S2/c1-23-14-5-4-6-15(13-14)25(21,22)20-10-9-18(24-12-11-20)16-7-2-3-8-17(16)19/h2-8,13,18H,9-12H2,1H3. The van der Waals surface area contributed by atoms with Gasteiger partial charge in [-0.1, -0.05) is 35.9 Å². The predicted octanol–water partition coefficient (Wildman–Crippen LogP) is 4.22. The van der Waals surface area contributed by atoms with Gasteiger partial charge in [-0.3, -0.25) is 0 Å². The van der Waals surface area contributed by atoms with Crippen molar-refractivity contribution in [3.63, 3.8) is 0 Å². The van der Waals surface area contributed by atoms with Gasteiger partial charge >= 0.3 is 0 Å². The average molecular weight is 398 g/mol. The van der Waals surface area contributed by atoms with Crippen molar-refractivity contribution in [1.82, 2.24) is 4.31 Å². The Balaban J connectivity index is 1.79. The molecule has 1 saturated heterocycles. The largest absolute Gasteiger partial charge is 0.497 e. The molecule has 1 aliphatic heterocycles. The van der Waals surface area contributed by atoms with Gasteiger partial charge in [0.1, 0.15) is 5.75 Å². The fraction of sp³-hybridized carbons (Fsp3) is 0.333. The summed E-state index contributed by atoms with van der Waals surface area (Å²) in [5, 5.41) is 0.948. The Morgan fingerprint density at radius 3 is 2.72 bits per heavy atom. The SMILES string of the molecule is COc1cccc(S(=O)(=O)N2CCSC(c3ccccc3Cl)CC2)c1. The van der Waals surface area contributed by atoms with E-state index < -0.39 is 10.0 Å². The van der Waals surface area contributed by atoms with E-state index in [4.69, 9.17) is 16.3 Å². The van der Waals surface area contributed by atoms with Crippen LogP contribution in [0.4, 0.5) is 0 Å². The Kier molecular flexibility index (Phi) is 5.94. The third-order valence-electron chi connectivity index (χ3n) is 4.23. The Labute approximate surface area is 158 Å². The van der Waals surface area contributed by atoms with Crippen molar-refractivity contribution in [2.75, 3.05) is 26.0 Å². The summed E-state index contributed by atoms with van der Waals surface area (Å²) in [7, 11) is -2.00. The maximum atomic E-state index is 13.0. The first-order chi connectivity index (χ1) is 12.0. The zero-order chi connectivity index (χ0) is 17.9. The lowest BCUT2D eigenvalue weighted by Gasteiger charge is -2.20. The second-order valence-electron chi connectivity index (χ2n) is 5.75. The molecular formula is C18H20ClNO3S2. The lowest BCUT2D eigenvalue weighted by molar-refractivity contribution is 0.410. The van der Waals surface area contributed by atoms with Gasteiger partial charge in [0.15, 0.2) is 0 Å². The summed E-state index contributed by atoms with van der Waals surface area (Å²) in [4.78, 5) is 0.271. The van der Waals surface area contributed by atoms with Crippen LogP contribution in [0.15, 0.2) is 53.4 Å². The topological polar surface area (TPSA) is 46.6 Å². The first-order valence-corrected chi connectivity index (χ1v) is 10.9. The Hall–Kier alpha value is -1.21. The van der Waals surface area contributed by atoms with Gasteiger partial charge in [-0.05, 0) is 30.2 Å². The molecule has 1 heterocycles. The molecule has 0 radical (unpaired) electrons. The van der Waals surface area contributed by atoms with E-state index >= 15 is 0 Å². The van der Waals surface area contributed by atoms with E-state index in [-0.39, 0.29) is 10.1 Å². The van der Waals surface area contributed by atoms with Gasteiger partial charge in [-0.25, -0.2) is 8.42 Å². The minimum Gasteiger partial charge on any atom is -0.497 e. The highest BCUT2D eigenvalue weighted by Crippen LogP contribution is 2.38. The van der Waals surface area contributed by atoms with Crippen molar-refractivity contribution in [1.29, 1.82) is 0 Å². The molecule has 134 valence electrons.